The molecule has 20 heavy (non-hydrogen) atoms. The predicted molar refractivity (Wildman–Crippen MR) is 77.7 cm³/mol. The summed E-state index contributed by atoms with van der Waals surface area (Å²) in [6.07, 6.45) is 4.98. The summed E-state index contributed by atoms with van der Waals surface area (Å²) in [6, 6.07) is 0. The summed E-state index contributed by atoms with van der Waals surface area (Å²) in [5.41, 5.74) is 0.680. The molecule has 2 rings (SSSR count). The van der Waals surface area contributed by atoms with Gasteiger partial charge in [-0.05, 0) is 31.2 Å². The van der Waals surface area contributed by atoms with E-state index < -0.39 is 10.0 Å². The van der Waals surface area contributed by atoms with Gasteiger partial charge < -0.3 is 5.32 Å². The van der Waals surface area contributed by atoms with Crippen LogP contribution in [-0.4, -0.2) is 31.7 Å². The number of rotatable bonds is 7. The fraction of sp³-hybridized carbons (Fsp3) is 0.769. The first-order valence-electron chi connectivity index (χ1n) is 7.25. The Morgan fingerprint density at radius 3 is 2.90 bits per heavy atom. The SMILES string of the molecule is CCNCc1cn[nH]c1S(=O)(=O)NCC1CCC(C)C1. The van der Waals surface area contributed by atoms with Gasteiger partial charge in [0.1, 0.15) is 0 Å². The number of aromatic nitrogens is 2. The quantitative estimate of drug-likeness (QED) is 0.707. The Morgan fingerprint density at radius 1 is 1.45 bits per heavy atom. The molecule has 0 bridgehead atoms. The molecule has 1 aromatic rings. The molecule has 1 heterocycles. The van der Waals surface area contributed by atoms with Crippen LogP contribution < -0.4 is 10.0 Å². The van der Waals surface area contributed by atoms with E-state index in [1.807, 2.05) is 6.92 Å². The summed E-state index contributed by atoms with van der Waals surface area (Å²) in [4.78, 5) is 0. The van der Waals surface area contributed by atoms with Crippen LogP contribution in [0, 0.1) is 11.8 Å². The normalized spacial score (nSPS) is 23.3. The van der Waals surface area contributed by atoms with E-state index in [0.717, 1.165) is 19.4 Å². The molecule has 1 saturated carbocycles. The molecule has 1 fully saturated rings. The maximum absolute atomic E-state index is 12.3. The van der Waals surface area contributed by atoms with Crippen molar-refractivity contribution in [1.29, 1.82) is 0 Å². The first-order chi connectivity index (χ1) is 9.53. The molecule has 2 atom stereocenters. The van der Waals surface area contributed by atoms with Crippen molar-refractivity contribution in [3.63, 3.8) is 0 Å². The zero-order valence-corrected chi connectivity index (χ0v) is 13.0. The lowest BCUT2D eigenvalue weighted by molar-refractivity contribution is 0.497. The molecule has 1 aliphatic carbocycles. The van der Waals surface area contributed by atoms with Crippen molar-refractivity contribution >= 4 is 10.0 Å². The van der Waals surface area contributed by atoms with Crippen LogP contribution in [0.5, 0.6) is 0 Å². The highest BCUT2D eigenvalue weighted by Gasteiger charge is 2.25. The fourth-order valence-corrected chi connectivity index (χ4v) is 3.97. The van der Waals surface area contributed by atoms with Crippen LogP contribution in [0.2, 0.25) is 0 Å². The van der Waals surface area contributed by atoms with Crippen LogP contribution in [0.4, 0.5) is 0 Å². The topological polar surface area (TPSA) is 86.9 Å². The van der Waals surface area contributed by atoms with E-state index in [2.05, 4.69) is 27.2 Å². The lowest BCUT2D eigenvalue weighted by Crippen LogP contribution is -2.30. The number of sulfonamides is 1. The van der Waals surface area contributed by atoms with E-state index in [4.69, 9.17) is 0 Å². The molecular formula is C13H24N4O2S. The van der Waals surface area contributed by atoms with Crippen LogP contribution in [-0.2, 0) is 16.6 Å². The van der Waals surface area contributed by atoms with E-state index in [-0.39, 0.29) is 5.03 Å². The number of nitrogens with one attached hydrogen (secondary N) is 3. The van der Waals surface area contributed by atoms with Crippen molar-refractivity contribution in [2.75, 3.05) is 13.1 Å². The van der Waals surface area contributed by atoms with Crippen LogP contribution >= 0.6 is 0 Å². The van der Waals surface area contributed by atoms with E-state index in [1.165, 1.54) is 6.42 Å². The minimum absolute atomic E-state index is 0.185. The molecule has 1 aliphatic rings. The van der Waals surface area contributed by atoms with Crippen molar-refractivity contribution in [2.24, 2.45) is 11.8 Å². The van der Waals surface area contributed by atoms with Crippen LogP contribution in [0.3, 0.4) is 0 Å². The number of nitrogens with zero attached hydrogens (tertiary/aromatic N) is 1. The first-order valence-corrected chi connectivity index (χ1v) is 8.74. The van der Waals surface area contributed by atoms with Crippen LogP contribution in [0.15, 0.2) is 11.2 Å². The van der Waals surface area contributed by atoms with Crippen LogP contribution in [0.25, 0.3) is 0 Å². The minimum Gasteiger partial charge on any atom is -0.313 e. The maximum Gasteiger partial charge on any atom is 0.257 e. The summed E-state index contributed by atoms with van der Waals surface area (Å²) in [6.45, 7) is 6.01. The Bertz CT molecular complexity index is 526. The molecule has 0 spiro atoms. The lowest BCUT2D eigenvalue weighted by Gasteiger charge is -2.11. The van der Waals surface area contributed by atoms with Gasteiger partial charge in [-0.1, -0.05) is 20.3 Å². The Labute approximate surface area is 120 Å². The second-order valence-corrected chi connectivity index (χ2v) is 7.34. The van der Waals surface area contributed by atoms with Gasteiger partial charge in [-0.15, -0.1) is 0 Å². The van der Waals surface area contributed by atoms with Crippen molar-refractivity contribution in [3.05, 3.63) is 11.8 Å². The third kappa shape index (κ3) is 3.80. The summed E-state index contributed by atoms with van der Waals surface area (Å²) in [5.74, 6) is 1.17. The fourth-order valence-electron chi connectivity index (χ4n) is 2.73. The minimum atomic E-state index is -3.49. The van der Waals surface area contributed by atoms with Gasteiger partial charge >= 0.3 is 0 Å². The lowest BCUT2D eigenvalue weighted by atomic mass is 10.1. The van der Waals surface area contributed by atoms with Crippen molar-refractivity contribution in [2.45, 2.75) is 44.7 Å². The van der Waals surface area contributed by atoms with Crippen LogP contribution in [0.1, 0.15) is 38.7 Å². The van der Waals surface area contributed by atoms with Gasteiger partial charge in [-0.2, -0.15) is 5.10 Å². The number of hydrogen-bond acceptors (Lipinski definition) is 4. The van der Waals surface area contributed by atoms with Gasteiger partial charge in [0.25, 0.3) is 10.0 Å². The second-order valence-electron chi connectivity index (χ2n) is 5.64. The molecule has 1 aromatic heterocycles. The zero-order valence-electron chi connectivity index (χ0n) is 12.1. The predicted octanol–water partition coefficient (Wildman–Crippen LogP) is 1.23. The average Bonchev–Trinajstić information content (AvgIpc) is 3.03. The van der Waals surface area contributed by atoms with Crippen molar-refractivity contribution in [3.8, 4) is 0 Å². The van der Waals surface area contributed by atoms with Gasteiger partial charge in [0, 0.05) is 18.7 Å². The van der Waals surface area contributed by atoms with Crippen molar-refractivity contribution in [1.82, 2.24) is 20.2 Å². The molecule has 114 valence electrons. The average molecular weight is 300 g/mol. The van der Waals surface area contributed by atoms with E-state index >= 15 is 0 Å². The second kappa shape index (κ2) is 6.69. The molecule has 0 aromatic carbocycles. The summed E-state index contributed by atoms with van der Waals surface area (Å²) in [7, 11) is -3.49. The molecule has 7 heteroatoms. The summed E-state index contributed by atoms with van der Waals surface area (Å²) >= 11 is 0. The third-order valence-corrected chi connectivity index (χ3v) is 5.32. The highest BCUT2D eigenvalue weighted by atomic mass is 32.2. The highest BCUT2D eigenvalue weighted by molar-refractivity contribution is 7.89. The highest BCUT2D eigenvalue weighted by Crippen LogP contribution is 2.29. The smallest absolute Gasteiger partial charge is 0.257 e. The Hall–Kier alpha value is -0.920. The largest absolute Gasteiger partial charge is 0.313 e. The summed E-state index contributed by atoms with van der Waals surface area (Å²) < 4.78 is 27.3. The standard InChI is InChI=1S/C13H24N4O2S/c1-3-14-8-12-9-15-17-13(12)20(18,19)16-7-11-5-4-10(2)6-11/h9-11,14,16H,3-8H2,1-2H3,(H,15,17). The molecule has 6 nitrogen and oxygen atoms in total. The van der Waals surface area contributed by atoms with E-state index in [0.29, 0.717) is 30.5 Å². The van der Waals surface area contributed by atoms with Gasteiger partial charge in [0.05, 0.1) is 6.20 Å². The van der Waals surface area contributed by atoms with E-state index in [9.17, 15) is 8.42 Å². The van der Waals surface area contributed by atoms with E-state index in [1.54, 1.807) is 6.20 Å². The van der Waals surface area contributed by atoms with Gasteiger partial charge in [-0.25, -0.2) is 13.1 Å². The van der Waals surface area contributed by atoms with Gasteiger partial charge in [0.2, 0.25) is 0 Å². The molecular weight excluding hydrogens is 276 g/mol. The Morgan fingerprint density at radius 2 is 2.25 bits per heavy atom. The van der Waals surface area contributed by atoms with Crippen molar-refractivity contribution < 1.29 is 8.42 Å². The molecule has 3 N–H and O–H groups in total. The molecule has 2 unspecified atom stereocenters. The van der Waals surface area contributed by atoms with Gasteiger partial charge in [-0.3, -0.25) is 5.10 Å². The molecule has 0 saturated heterocycles. The number of hydrogen-bond donors (Lipinski definition) is 3. The Kier molecular flexibility index (Phi) is 5.17. The Balaban J connectivity index is 1.97. The number of aromatic amines is 1. The third-order valence-electron chi connectivity index (χ3n) is 3.88. The molecule has 0 aliphatic heterocycles. The first kappa shape index (κ1) is 15.5. The number of H-pyrrole nitrogens is 1. The summed E-state index contributed by atoms with van der Waals surface area (Å²) in [5, 5.41) is 9.75. The zero-order chi connectivity index (χ0) is 14.6. The van der Waals surface area contributed by atoms with Gasteiger partial charge in [0.15, 0.2) is 5.03 Å². The monoisotopic (exact) mass is 300 g/mol. The molecule has 0 amide bonds. The maximum atomic E-state index is 12.3. The molecule has 0 radical (unpaired) electrons.